The molecular weight excluding hydrogens is 738 g/mol. The van der Waals surface area contributed by atoms with Gasteiger partial charge < -0.3 is 20.6 Å². The van der Waals surface area contributed by atoms with Crippen LogP contribution in [0.2, 0.25) is 0 Å². The van der Waals surface area contributed by atoms with Gasteiger partial charge >= 0.3 is 12.2 Å². The number of aliphatic hydroxyl groups is 1. The molecule has 2 amide bonds. The first-order valence-electron chi connectivity index (χ1n) is 14.8. The van der Waals surface area contributed by atoms with Crippen LogP contribution in [-0.4, -0.2) is 97.2 Å². The molecule has 46 heavy (non-hydrogen) atoms. The van der Waals surface area contributed by atoms with Crippen LogP contribution >= 0.6 is 22.6 Å². The van der Waals surface area contributed by atoms with E-state index in [-0.39, 0.29) is 25.7 Å². The van der Waals surface area contributed by atoms with Crippen molar-refractivity contribution in [2.45, 2.75) is 36.2 Å². The number of para-hydroxylation sites is 1. The summed E-state index contributed by atoms with van der Waals surface area (Å²) in [6, 6.07) is 10.2. The molecule has 1 saturated heterocycles. The van der Waals surface area contributed by atoms with Crippen LogP contribution in [0.15, 0.2) is 42.5 Å². The molecular formula is C30H37F3IN7O4S. The van der Waals surface area contributed by atoms with Gasteiger partial charge in [-0.1, -0.05) is 46.9 Å². The predicted octanol–water partition coefficient (Wildman–Crippen LogP) is 3.76. The largest absolute Gasteiger partial charge is 0.416 e. The highest BCUT2D eigenvalue weighted by molar-refractivity contribution is 14.1. The fourth-order valence-corrected chi connectivity index (χ4v) is 7.42. The number of urea groups is 1. The number of β-amino-alcohol motifs (C(OH)–C–C–N with tert-alkyl or cyclic N) is 1. The van der Waals surface area contributed by atoms with Crippen molar-refractivity contribution >= 4 is 50.0 Å². The standard InChI is InChI=1S/C30H37F3IN7O4S/c1-35-29(43)36-25-5-3-4-21(16-34)28(25)39-14-12-38(13-15-39)17-23(42)18-41-26-10-11-40(46(2,44)45)19-24(26)27(37-41)20-6-8-22(9-7-20)30(31,32)33/h3-9,23,42H,10-19H2,1-2H3,(H2,35,36,43). The number of carbonyl (C=O) groups is 1. The zero-order valence-corrected chi connectivity index (χ0v) is 28.5. The first kappa shape index (κ1) is 34.4. The fourth-order valence-electron chi connectivity index (χ4n) is 6.02. The van der Waals surface area contributed by atoms with E-state index in [1.54, 1.807) is 11.7 Å². The maximum Gasteiger partial charge on any atom is 0.416 e. The maximum absolute atomic E-state index is 13.2. The lowest BCUT2D eigenvalue weighted by Crippen LogP contribution is -2.49. The van der Waals surface area contributed by atoms with Crippen molar-refractivity contribution in [1.29, 1.82) is 0 Å². The number of hydrogen-bond donors (Lipinski definition) is 3. The van der Waals surface area contributed by atoms with E-state index in [4.69, 9.17) is 5.10 Å². The number of aliphatic hydroxyl groups excluding tert-OH is 1. The quantitative estimate of drug-likeness (QED) is 0.224. The number of fused-ring (bicyclic) bond motifs is 1. The Kier molecular flexibility index (Phi) is 10.5. The molecule has 1 atom stereocenters. The Bertz CT molecular complexity index is 1660. The third-order valence-corrected chi connectivity index (χ3v) is 10.4. The summed E-state index contributed by atoms with van der Waals surface area (Å²) >= 11 is 2.31. The average Bonchev–Trinajstić information content (AvgIpc) is 3.37. The normalized spacial score (nSPS) is 17.1. The molecule has 1 unspecified atom stereocenters. The molecule has 5 rings (SSSR count). The molecule has 0 spiro atoms. The van der Waals surface area contributed by atoms with Crippen LogP contribution in [-0.2, 0) is 40.1 Å². The zero-order valence-electron chi connectivity index (χ0n) is 25.5. The number of sulfonamides is 1. The summed E-state index contributed by atoms with van der Waals surface area (Å²) in [5.74, 6) is 0. The van der Waals surface area contributed by atoms with Crippen LogP contribution in [0.4, 0.5) is 29.3 Å². The molecule has 2 aliphatic heterocycles. The van der Waals surface area contributed by atoms with Crippen LogP contribution in [0.1, 0.15) is 22.4 Å². The van der Waals surface area contributed by atoms with Crippen molar-refractivity contribution in [3.63, 3.8) is 0 Å². The smallest absolute Gasteiger partial charge is 0.390 e. The van der Waals surface area contributed by atoms with Gasteiger partial charge in [-0.15, -0.1) is 0 Å². The van der Waals surface area contributed by atoms with Crippen molar-refractivity contribution in [2.75, 3.05) is 62.8 Å². The van der Waals surface area contributed by atoms with Gasteiger partial charge in [-0.05, 0) is 23.8 Å². The third-order valence-electron chi connectivity index (χ3n) is 8.33. The van der Waals surface area contributed by atoms with E-state index in [9.17, 15) is 31.5 Å². The molecule has 3 heterocycles. The Morgan fingerprint density at radius 3 is 2.37 bits per heavy atom. The summed E-state index contributed by atoms with van der Waals surface area (Å²) in [5.41, 5.74) is 4.32. The molecule has 0 saturated carbocycles. The second-order valence-corrected chi connectivity index (χ2v) is 14.2. The van der Waals surface area contributed by atoms with Crippen molar-refractivity contribution in [3.8, 4) is 11.3 Å². The second kappa shape index (κ2) is 14.0. The Balaban J connectivity index is 1.30. The van der Waals surface area contributed by atoms with E-state index in [0.29, 0.717) is 56.0 Å². The molecule has 0 radical (unpaired) electrons. The lowest BCUT2D eigenvalue weighted by molar-refractivity contribution is -0.137. The fraction of sp³-hybridized carbons (Fsp3) is 0.467. The molecule has 2 aromatic carbocycles. The predicted molar refractivity (Wildman–Crippen MR) is 179 cm³/mol. The van der Waals surface area contributed by atoms with Crippen LogP contribution in [0.5, 0.6) is 0 Å². The highest BCUT2D eigenvalue weighted by atomic mass is 127. The third kappa shape index (κ3) is 7.78. The van der Waals surface area contributed by atoms with Gasteiger partial charge in [0.15, 0.2) is 0 Å². The monoisotopic (exact) mass is 775 g/mol. The first-order valence-corrected chi connectivity index (χ1v) is 18.2. The first-order chi connectivity index (χ1) is 21.8. The summed E-state index contributed by atoms with van der Waals surface area (Å²) in [6.07, 6.45) is -3.78. The van der Waals surface area contributed by atoms with Crippen molar-refractivity contribution in [3.05, 3.63) is 64.8 Å². The Morgan fingerprint density at radius 1 is 1.07 bits per heavy atom. The van der Waals surface area contributed by atoms with E-state index in [1.165, 1.54) is 16.4 Å². The summed E-state index contributed by atoms with van der Waals surface area (Å²) in [6.45, 7) is 3.59. The van der Waals surface area contributed by atoms with Crippen LogP contribution in [0.3, 0.4) is 0 Å². The minimum Gasteiger partial charge on any atom is -0.390 e. The van der Waals surface area contributed by atoms with Crippen molar-refractivity contribution in [1.82, 2.24) is 24.3 Å². The Morgan fingerprint density at radius 2 is 1.76 bits per heavy atom. The zero-order chi connectivity index (χ0) is 33.2. The molecule has 0 aliphatic carbocycles. The summed E-state index contributed by atoms with van der Waals surface area (Å²) in [7, 11) is -1.93. The van der Waals surface area contributed by atoms with Gasteiger partial charge in [0.05, 0.1) is 41.5 Å². The number of alkyl halides is 4. The topological polar surface area (TPSA) is 123 Å². The molecule has 3 N–H and O–H groups in total. The van der Waals surface area contributed by atoms with Gasteiger partial charge in [0.2, 0.25) is 10.0 Å². The maximum atomic E-state index is 13.2. The molecule has 2 aliphatic rings. The number of anilines is 2. The second-order valence-electron chi connectivity index (χ2n) is 11.5. The lowest BCUT2D eigenvalue weighted by atomic mass is 10.0. The number of rotatable bonds is 9. The number of nitrogens with zero attached hydrogens (tertiary/aromatic N) is 5. The number of benzene rings is 2. The molecule has 3 aromatic rings. The molecule has 16 heteroatoms. The van der Waals surface area contributed by atoms with Gasteiger partial charge in [-0.2, -0.15) is 22.6 Å². The van der Waals surface area contributed by atoms with E-state index in [1.807, 2.05) is 18.2 Å². The molecule has 1 fully saturated rings. The van der Waals surface area contributed by atoms with E-state index < -0.39 is 27.9 Å². The number of aromatic nitrogens is 2. The summed E-state index contributed by atoms with van der Waals surface area (Å²) < 4.78 is 68.0. The highest BCUT2D eigenvalue weighted by Gasteiger charge is 2.33. The van der Waals surface area contributed by atoms with Crippen LogP contribution in [0.25, 0.3) is 11.3 Å². The van der Waals surface area contributed by atoms with E-state index in [0.717, 1.165) is 45.4 Å². The minimum atomic E-state index is -4.48. The summed E-state index contributed by atoms with van der Waals surface area (Å²) in [5, 5.41) is 21.4. The van der Waals surface area contributed by atoms with Crippen LogP contribution < -0.4 is 15.5 Å². The average molecular weight is 776 g/mol. The summed E-state index contributed by atoms with van der Waals surface area (Å²) in [4.78, 5) is 16.5. The van der Waals surface area contributed by atoms with E-state index >= 15 is 0 Å². The highest BCUT2D eigenvalue weighted by Crippen LogP contribution is 2.35. The molecule has 11 nitrogen and oxygen atoms in total. The SMILES string of the molecule is CNC(=O)Nc1cccc(CI)c1N1CCN(CC(O)Cn2nc(-c3ccc(C(F)(F)F)cc3)c3c2CCN(S(C)(=O)=O)C3)CC1. The van der Waals surface area contributed by atoms with Crippen molar-refractivity contribution < 1.29 is 31.5 Å². The van der Waals surface area contributed by atoms with Gasteiger partial charge in [-0.25, -0.2) is 13.2 Å². The Hall–Kier alpha value is -2.93. The van der Waals surface area contributed by atoms with E-state index in [2.05, 4.69) is 43.0 Å². The minimum absolute atomic E-state index is 0.0536. The molecule has 250 valence electrons. The van der Waals surface area contributed by atoms with Crippen LogP contribution in [0, 0.1) is 0 Å². The molecule has 0 bridgehead atoms. The molecule has 1 aromatic heterocycles. The number of piperazine rings is 1. The van der Waals surface area contributed by atoms with Gasteiger partial charge in [0, 0.05) is 80.5 Å². The van der Waals surface area contributed by atoms with Gasteiger partial charge in [0.25, 0.3) is 0 Å². The van der Waals surface area contributed by atoms with Gasteiger partial charge in [0.1, 0.15) is 0 Å². The lowest BCUT2D eigenvalue weighted by Gasteiger charge is -2.38. The van der Waals surface area contributed by atoms with Crippen molar-refractivity contribution in [2.24, 2.45) is 0 Å². The van der Waals surface area contributed by atoms with Gasteiger partial charge in [-0.3, -0.25) is 9.58 Å². The number of nitrogens with one attached hydrogen (secondary N) is 2. The number of carbonyl (C=O) groups excluding carboxylic acids is 1. The number of hydrogen-bond acceptors (Lipinski definition) is 7. The number of amides is 2. The Labute approximate surface area is 279 Å². The number of halogens is 4.